The average Bonchev–Trinajstić information content (AvgIpc) is 2.78. The molecular weight excluding hydrogens is 306 g/mol. The molecule has 3 rings (SSSR count). The summed E-state index contributed by atoms with van der Waals surface area (Å²) in [5.74, 6) is 0.739. The van der Waals surface area contributed by atoms with Crippen LogP contribution >= 0.6 is 0 Å². The zero-order valence-electron chi connectivity index (χ0n) is 14.9. The highest BCUT2D eigenvalue weighted by Crippen LogP contribution is 2.46. The summed E-state index contributed by atoms with van der Waals surface area (Å²) in [6.45, 7) is 5.63. The van der Waals surface area contributed by atoms with Crippen molar-refractivity contribution in [2.24, 2.45) is 0 Å². The maximum Gasteiger partial charge on any atom is 0.410 e. The van der Waals surface area contributed by atoms with Gasteiger partial charge in [-0.3, -0.25) is 0 Å². The molecule has 5 heteroatoms. The summed E-state index contributed by atoms with van der Waals surface area (Å²) in [4.78, 5) is 14.4. The lowest BCUT2D eigenvalue weighted by molar-refractivity contribution is -0.0625. The normalized spacial score (nSPS) is 29.5. The molecule has 2 aliphatic heterocycles. The number of fused-ring (bicyclic) bond motifs is 2. The van der Waals surface area contributed by atoms with E-state index < -0.39 is 11.2 Å². The smallest absolute Gasteiger partial charge is 0.410 e. The molecule has 2 bridgehead atoms. The van der Waals surface area contributed by atoms with Gasteiger partial charge in [-0.05, 0) is 51.3 Å². The summed E-state index contributed by atoms with van der Waals surface area (Å²) in [6, 6.07) is 7.64. The maximum absolute atomic E-state index is 12.5. The predicted molar refractivity (Wildman–Crippen MR) is 91.0 cm³/mol. The first-order valence-corrected chi connectivity index (χ1v) is 8.60. The van der Waals surface area contributed by atoms with Crippen LogP contribution in [0, 0.1) is 0 Å². The van der Waals surface area contributed by atoms with E-state index in [1.165, 1.54) is 0 Å². The van der Waals surface area contributed by atoms with E-state index in [1.54, 1.807) is 7.11 Å². The summed E-state index contributed by atoms with van der Waals surface area (Å²) in [5, 5.41) is 11.2. The molecule has 1 aromatic rings. The van der Waals surface area contributed by atoms with Crippen LogP contribution in [0.4, 0.5) is 4.79 Å². The zero-order valence-corrected chi connectivity index (χ0v) is 14.9. The molecule has 5 nitrogen and oxygen atoms in total. The number of hydrogen-bond acceptors (Lipinski definition) is 4. The third-order valence-electron chi connectivity index (χ3n) is 4.98. The molecule has 1 N–H and O–H groups in total. The molecule has 2 heterocycles. The number of carbonyl (C=O) groups excluding carboxylic acids is 1. The number of amides is 1. The second-order valence-corrected chi connectivity index (χ2v) is 7.94. The van der Waals surface area contributed by atoms with Crippen molar-refractivity contribution < 1.29 is 19.4 Å². The van der Waals surface area contributed by atoms with E-state index in [0.29, 0.717) is 12.8 Å². The molecule has 2 aliphatic rings. The standard InChI is InChI=1S/C19H27NO4/c1-18(2,3)24-17(21)20-14-8-9-15(20)12-19(22,11-14)13-6-5-7-16(10-13)23-4/h5-7,10,14-15,22H,8-9,11-12H2,1-4H3. The predicted octanol–water partition coefficient (Wildman–Crippen LogP) is 3.44. The number of benzene rings is 1. The lowest BCUT2D eigenvalue weighted by atomic mass is 9.80. The Morgan fingerprint density at radius 2 is 1.88 bits per heavy atom. The molecule has 2 atom stereocenters. The molecule has 2 unspecified atom stereocenters. The van der Waals surface area contributed by atoms with Gasteiger partial charge in [0.1, 0.15) is 11.4 Å². The zero-order chi connectivity index (χ0) is 17.5. The molecule has 2 saturated heterocycles. The van der Waals surface area contributed by atoms with Crippen LogP contribution in [0.1, 0.15) is 52.0 Å². The first-order valence-electron chi connectivity index (χ1n) is 8.60. The summed E-state index contributed by atoms with van der Waals surface area (Å²) in [5.41, 5.74) is -0.557. The van der Waals surface area contributed by atoms with Crippen molar-refractivity contribution in [1.82, 2.24) is 4.90 Å². The Balaban J connectivity index is 1.80. The first kappa shape index (κ1) is 17.1. The van der Waals surface area contributed by atoms with Crippen molar-refractivity contribution in [2.75, 3.05) is 7.11 Å². The summed E-state index contributed by atoms with van der Waals surface area (Å²) >= 11 is 0. The maximum atomic E-state index is 12.5. The Labute approximate surface area is 143 Å². The van der Waals surface area contributed by atoms with E-state index in [1.807, 2.05) is 49.9 Å². The van der Waals surface area contributed by atoms with Crippen LogP contribution in [-0.4, -0.2) is 40.9 Å². The Bertz CT molecular complexity index is 608. The Hall–Kier alpha value is -1.75. The van der Waals surface area contributed by atoms with Gasteiger partial charge in [0.25, 0.3) is 0 Å². The van der Waals surface area contributed by atoms with Gasteiger partial charge in [0.2, 0.25) is 0 Å². The van der Waals surface area contributed by atoms with Crippen LogP contribution in [-0.2, 0) is 10.3 Å². The summed E-state index contributed by atoms with van der Waals surface area (Å²) < 4.78 is 10.8. The molecule has 1 amide bonds. The van der Waals surface area contributed by atoms with Gasteiger partial charge in [0.05, 0.1) is 12.7 Å². The lowest BCUT2D eigenvalue weighted by Gasteiger charge is -2.44. The number of nitrogens with zero attached hydrogens (tertiary/aromatic N) is 1. The average molecular weight is 333 g/mol. The largest absolute Gasteiger partial charge is 0.497 e. The van der Waals surface area contributed by atoms with Gasteiger partial charge in [0.15, 0.2) is 0 Å². The molecule has 132 valence electrons. The topological polar surface area (TPSA) is 59.0 Å². The molecule has 0 saturated carbocycles. The number of rotatable bonds is 2. The highest BCUT2D eigenvalue weighted by atomic mass is 16.6. The minimum atomic E-state index is -0.918. The van der Waals surface area contributed by atoms with Gasteiger partial charge >= 0.3 is 6.09 Å². The van der Waals surface area contributed by atoms with Gasteiger partial charge in [-0.1, -0.05) is 12.1 Å². The second kappa shape index (κ2) is 5.96. The van der Waals surface area contributed by atoms with E-state index in [2.05, 4.69) is 0 Å². The summed E-state index contributed by atoms with van der Waals surface area (Å²) in [7, 11) is 1.62. The van der Waals surface area contributed by atoms with Crippen LogP contribution in [0.5, 0.6) is 5.75 Å². The quantitative estimate of drug-likeness (QED) is 0.900. The molecule has 0 spiro atoms. The van der Waals surface area contributed by atoms with Crippen LogP contribution in [0.25, 0.3) is 0 Å². The second-order valence-electron chi connectivity index (χ2n) is 7.94. The van der Waals surface area contributed by atoms with Gasteiger partial charge < -0.3 is 19.5 Å². The number of methoxy groups -OCH3 is 1. The van der Waals surface area contributed by atoms with Crippen molar-refractivity contribution in [1.29, 1.82) is 0 Å². The van der Waals surface area contributed by atoms with Crippen molar-refractivity contribution >= 4 is 6.09 Å². The Morgan fingerprint density at radius 3 is 2.42 bits per heavy atom. The molecule has 0 aliphatic carbocycles. The SMILES string of the molecule is COc1cccc(C2(O)CC3CCC(C2)N3C(=O)OC(C)(C)C)c1. The third kappa shape index (κ3) is 3.22. The lowest BCUT2D eigenvalue weighted by Crippen LogP contribution is -2.53. The van der Waals surface area contributed by atoms with Crippen molar-refractivity contribution in [3.05, 3.63) is 29.8 Å². The molecular formula is C19H27NO4. The van der Waals surface area contributed by atoms with Crippen LogP contribution in [0.3, 0.4) is 0 Å². The third-order valence-corrected chi connectivity index (χ3v) is 4.98. The minimum absolute atomic E-state index is 0.0230. The number of aliphatic hydroxyl groups is 1. The number of piperidine rings is 1. The Kier molecular flexibility index (Phi) is 4.24. The Morgan fingerprint density at radius 1 is 1.25 bits per heavy atom. The van der Waals surface area contributed by atoms with Crippen molar-refractivity contribution in [2.45, 2.75) is 69.7 Å². The van der Waals surface area contributed by atoms with Gasteiger partial charge in [-0.25, -0.2) is 4.79 Å². The number of ether oxygens (including phenoxy) is 2. The van der Waals surface area contributed by atoms with E-state index in [4.69, 9.17) is 9.47 Å². The van der Waals surface area contributed by atoms with E-state index in [0.717, 1.165) is 24.2 Å². The van der Waals surface area contributed by atoms with Crippen molar-refractivity contribution in [3.8, 4) is 5.75 Å². The van der Waals surface area contributed by atoms with Crippen LogP contribution in [0.15, 0.2) is 24.3 Å². The van der Waals surface area contributed by atoms with Gasteiger partial charge in [0, 0.05) is 24.9 Å². The molecule has 0 radical (unpaired) electrons. The number of carbonyl (C=O) groups is 1. The van der Waals surface area contributed by atoms with E-state index in [9.17, 15) is 9.90 Å². The number of hydrogen-bond donors (Lipinski definition) is 1. The summed E-state index contributed by atoms with van der Waals surface area (Å²) in [6.07, 6.45) is 2.64. The van der Waals surface area contributed by atoms with Crippen LogP contribution in [0.2, 0.25) is 0 Å². The van der Waals surface area contributed by atoms with E-state index >= 15 is 0 Å². The fourth-order valence-corrected chi connectivity index (χ4v) is 3.99. The first-order chi connectivity index (χ1) is 11.2. The fourth-order valence-electron chi connectivity index (χ4n) is 3.99. The highest BCUT2D eigenvalue weighted by molar-refractivity contribution is 5.69. The van der Waals surface area contributed by atoms with E-state index in [-0.39, 0.29) is 18.2 Å². The molecule has 0 aromatic heterocycles. The molecule has 1 aromatic carbocycles. The fraction of sp³-hybridized carbons (Fsp3) is 0.632. The monoisotopic (exact) mass is 333 g/mol. The minimum Gasteiger partial charge on any atom is -0.497 e. The van der Waals surface area contributed by atoms with Gasteiger partial charge in [-0.15, -0.1) is 0 Å². The highest BCUT2D eigenvalue weighted by Gasteiger charge is 2.51. The van der Waals surface area contributed by atoms with Gasteiger partial charge in [-0.2, -0.15) is 0 Å². The van der Waals surface area contributed by atoms with Crippen LogP contribution < -0.4 is 4.74 Å². The molecule has 24 heavy (non-hydrogen) atoms. The molecule has 2 fully saturated rings. The van der Waals surface area contributed by atoms with Crippen molar-refractivity contribution in [3.63, 3.8) is 0 Å².